The van der Waals surface area contributed by atoms with Crippen LogP contribution in [-0.2, 0) is 21.7 Å². The largest absolute Gasteiger partial charge is 0.358 e. The Morgan fingerprint density at radius 1 is 0.857 bits per heavy atom. The molecule has 14 heavy (non-hydrogen) atoms. The summed E-state index contributed by atoms with van der Waals surface area (Å²) in [6.07, 6.45) is 3.32. The fourth-order valence-corrected chi connectivity index (χ4v) is 0.954. The molecule has 0 spiro atoms. The van der Waals surface area contributed by atoms with Crippen LogP contribution in [0.5, 0.6) is 0 Å². The molecule has 0 unspecified atom stereocenters. The zero-order chi connectivity index (χ0) is 6.15. The normalized spacial score (nSPS) is 11.2. The first-order valence-corrected chi connectivity index (χ1v) is 3.16. The van der Waals surface area contributed by atoms with E-state index in [1.165, 1.54) is 0 Å². The molecule has 1 aliphatic rings. The number of halogens is 3. The summed E-state index contributed by atoms with van der Waals surface area (Å²) < 4.78 is 0. The maximum atomic E-state index is 5.54. The van der Waals surface area contributed by atoms with E-state index < -0.39 is 0 Å². The van der Waals surface area contributed by atoms with E-state index in [1.807, 2.05) is 0 Å². The summed E-state index contributed by atoms with van der Waals surface area (Å²) >= 11 is 16.6. The van der Waals surface area contributed by atoms with Crippen LogP contribution < -0.4 is 0 Å². The van der Waals surface area contributed by atoms with E-state index in [4.69, 9.17) is 34.8 Å². The van der Waals surface area contributed by atoms with Gasteiger partial charge in [0.2, 0.25) is 0 Å². The number of hydrogen-bond donors (Lipinski definition) is 0. The predicted octanol–water partition coefficient (Wildman–Crippen LogP) is 5.25. The van der Waals surface area contributed by atoms with Gasteiger partial charge >= 0.3 is 0 Å². The van der Waals surface area contributed by atoms with Crippen molar-refractivity contribution < 1.29 is 21.7 Å². The molecule has 0 amide bonds. The van der Waals surface area contributed by atoms with Crippen molar-refractivity contribution in [1.29, 1.82) is 0 Å². The van der Waals surface area contributed by atoms with E-state index in [1.54, 1.807) is 0 Å². The molecule has 0 atom stereocenters. The van der Waals surface area contributed by atoms with Crippen LogP contribution >= 0.6 is 34.8 Å². The average molecular weight is 291 g/mol. The van der Waals surface area contributed by atoms with Crippen LogP contribution in [0.25, 0.3) is 0 Å². The Balaban J connectivity index is -0.0000000267. The molecule has 1 aliphatic carbocycles. The molecule has 0 aliphatic heterocycles. The van der Waals surface area contributed by atoms with Gasteiger partial charge in [0.15, 0.2) is 0 Å². The molecule has 0 aromatic rings. The first-order chi connectivity index (χ1) is 3.72. The van der Waals surface area contributed by atoms with Crippen molar-refractivity contribution in [2.75, 3.05) is 0 Å². The zero-order valence-electron chi connectivity index (χ0n) is 9.34. The van der Waals surface area contributed by atoms with Crippen molar-refractivity contribution in [1.82, 2.24) is 0 Å². The molecule has 0 fully saturated rings. The monoisotopic (exact) mass is 290 g/mol. The van der Waals surface area contributed by atoms with Crippen LogP contribution in [0.2, 0.25) is 0 Å². The van der Waals surface area contributed by atoms with E-state index in [0.717, 1.165) is 0 Å². The summed E-state index contributed by atoms with van der Waals surface area (Å²) in [7, 11) is 0. The van der Waals surface area contributed by atoms with Crippen LogP contribution in [0.3, 0.4) is 0 Å². The van der Waals surface area contributed by atoms with Crippen molar-refractivity contribution in [3.05, 3.63) is 58.3 Å². The number of rotatable bonds is 0. The molecule has 0 aromatic heterocycles. The van der Waals surface area contributed by atoms with Crippen LogP contribution in [0.4, 0.5) is 0 Å². The summed E-state index contributed by atoms with van der Waals surface area (Å²) in [6.45, 7) is 0. The zero-order valence-corrected chi connectivity index (χ0v) is 13.2. The second-order valence-corrected chi connectivity index (χ2v) is 2.60. The van der Waals surface area contributed by atoms with E-state index in [9.17, 15) is 0 Å². The van der Waals surface area contributed by atoms with Crippen molar-refractivity contribution in [3.8, 4) is 0 Å². The van der Waals surface area contributed by atoms with E-state index in [2.05, 4.69) is 6.08 Å². The number of hydrogen-bond acceptors (Lipinski definition) is 0. The molecule has 88 valence electrons. The summed E-state index contributed by atoms with van der Waals surface area (Å²) in [5, 5.41) is 1.46. The van der Waals surface area contributed by atoms with Crippen LogP contribution in [0.15, 0.2) is 15.1 Å². The Kier molecular flexibility index (Phi) is 42.7. The van der Waals surface area contributed by atoms with Crippen molar-refractivity contribution >= 4 is 34.8 Å². The molecular weight excluding hydrogens is 274 g/mol. The molecule has 0 radical (unpaired) electrons. The first kappa shape index (κ1) is 36.3. The summed E-state index contributed by atoms with van der Waals surface area (Å²) in [6, 6.07) is 0. The first-order valence-electron chi connectivity index (χ1n) is 2.02. The Labute approximate surface area is 121 Å². The van der Waals surface area contributed by atoms with Gasteiger partial charge in [0.25, 0.3) is 0 Å². The molecule has 4 heteroatoms. The molecule has 0 nitrogen and oxygen atoms in total. The van der Waals surface area contributed by atoms with Gasteiger partial charge in [-0.25, -0.2) is 11.6 Å². The molecular formula is C10H17Cl3Ti-6. The molecule has 0 bridgehead atoms. The second kappa shape index (κ2) is 16.5. The average Bonchev–Trinajstić information content (AvgIpc) is 1.98. The second-order valence-electron chi connectivity index (χ2n) is 1.39. The minimum Gasteiger partial charge on any atom is -0.358 e. The fourth-order valence-electron chi connectivity index (χ4n) is 0.429. The van der Waals surface area contributed by atoms with Crippen LogP contribution in [0, 0.1) is 43.2 Å². The van der Waals surface area contributed by atoms with Crippen LogP contribution in [0.1, 0.15) is 6.42 Å². The maximum Gasteiger partial charge on any atom is 0 e. The van der Waals surface area contributed by atoms with Gasteiger partial charge in [-0.05, 0) is 0 Å². The summed E-state index contributed by atoms with van der Waals surface area (Å²) in [5.74, 6) is 0. The Hall–Kier alpha value is 1.06. The fraction of sp³-hybridized carbons (Fsp3) is 0.100. The van der Waals surface area contributed by atoms with E-state index >= 15 is 0 Å². The quantitative estimate of drug-likeness (QED) is 0.422. The standard InChI is InChI=1S/C5H2Cl3.5CH3.Ti/c6-3-1-2-4(7)5(3)8;;;;;;/h1H2;5*1H3;/q6*-1;. The molecule has 0 aromatic carbocycles. The van der Waals surface area contributed by atoms with Crippen molar-refractivity contribution in [2.45, 2.75) is 6.42 Å². The Bertz CT molecular complexity index is 169. The van der Waals surface area contributed by atoms with Crippen molar-refractivity contribution in [2.24, 2.45) is 0 Å². The SMILES string of the molecule is ClC1=[C-]CC(Cl)=C1Cl.[CH3-].[CH3-].[CH3-].[CH3-].[CH3-].[Ti]. The van der Waals surface area contributed by atoms with Gasteiger partial charge in [0, 0.05) is 21.7 Å². The van der Waals surface area contributed by atoms with Gasteiger partial charge in [-0.15, -0.1) is 28.2 Å². The van der Waals surface area contributed by atoms with Gasteiger partial charge < -0.3 is 37.1 Å². The minimum absolute atomic E-state index is 0. The van der Waals surface area contributed by atoms with Crippen molar-refractivity contribution in [3.63, 3.8) is 0 Å². The molecule has 0 heterocycles. The third kappa shape index (κ3) is 9.61. The van der Waals surface area contributed by atoms with Gasteiger partial charge in [0.1, 0.15) is 0 Å². The molecule has 0 saturated heterocycles. The van der Waals surface area contributed by atoms with E-state index in [0.29, 0.717) is 21.5 Å². The molecule has 0 N–H and O–H groups in total. The van der Waals surface area contributed by atoms with Gasteiger partial charge in [-0.2, -0.15) is 0 Å². The molecule has 0 saturated carbocycles. The predicted molar refractivity (Wildman–Crippen MR) is 68.0 cm³/mol. The van der Waals surface area contributed by atoms with Gasteiger partial charge in [-0.1, -0.05) is 16.5 Å². The third-order valence-electron chi connectivity index (χ3n) is 0.830. The maximum absolute atomic E-state index is 5.54. The molecule has 1 rings (SSSR count). The number of allylic oxidation sites excluding steroid dienone is 4. The van der Waals surface area contributed by atoms with E-state index in [-0.39, 0.29) is 58.9 Å². The van der Waals surface area contributed by atoms with Gasteiger partial charge in [-0.3, -0.25) is 6.08 Å². The third-order valence-corrected chi connectivity index (χ3v) is 2.09. The Morgan fingerprint density at radius 2 is 1.21 bits per heavy atom. The smallest absolute Gasteiger partial charge is 0 e. The Morgan fingerprint density at radius 3 is 1.29 bits per heavy atom. The summed E-state index contributed by atoms with van der Waals surface area (Å²) in [5.41, 5.74) is 0. The topological polar surface area (TPSA) is 0 Å². The van der Waals surface area contributed by atoms with Crippen LogP contribution in [-0.4, -0.2) is 0 Å². The van der Waals surface area contributed by atoms with Gasteiger partial charge in [0.05, 0.1) is 0 Å². The minimum atomic E-state index is 0. The summed E-state index contributed by atoms with van der Waals surface area (Å²) in [4.78, 5) is 0.